The van der Waals surface area contributed by atoms with Crippen LogP contribution in [0.4, 0.5) is 0 Å². The summed E-state index contributed by atoms with van der Waals surface area (Å²) in [5, 5.41) is 0. The van der Waals surface area contributed by atoms with Crippen molar-refractivity contribution >= 4 is 0 Å². The van der Waals surface area contributed by atoms with Gasteiger partial charge in [-0.05, 0) is 39.5 Å². The summed E-state index contributed by atoms with van der Waals surface area (Å²) < 4.78 is 0. The zero-order valence-corrected chi connectivity index (χ0v) is 9.43. The van der Waals surface area contributed by atoms with E-state index in [1.54, 1.807) is 0 Å². The molecule has 0 aliphatic heterocycles. The molecule has 0 N–H and O–H groups in total. The Morgan fingerprint density at radius 3 is 2.46 bits per heavy atom. The molecule has 0 radical (unpaired) electrons. The van der Waals surface area contributed by atoms with Crippen LogP contribution in [0.15, 0.2) is 36.0 Å². The minimum atomic E-state index is 0.663. The van der Waals surface area contributed by atoms with Crippen LogP contribution in [-0.4, -0.2) is 0 Å². The van der Waals surface area contributed by atoms with E-state index in [0.29, 0.717) is 5.92 Å². The molecular formula is C13H22. The maximum absolute atomic E-state index is 3.76. The van der Waals surface area contributed by atoms with Gasteiger partial charge in [0.25, 0.3) is 0 Å². The minimum Gasteiger partial charge on any atom is -0.103 e. The molecule has 13 heavy (non-hydrogen) atoms. The van der Waals surface area contributed by atoms with Crippen molar-refractivity contribution in [2.24, 2.45) is 5.92 Å². The van der Waals surface area contributed by atoms with E-state index < -0.39 is 0 Å². The molecule has 0 aromatic rings. The van der Waals surface area contributed by atoms with E-state index >= 15 is 0 Å². The van der Waals surface area contributed by atoms with Crippen LogP contribution in [-0.2, 0) is 0 Å². The van der Waals surface area contributed by atoms with Crippen molar-refractivity contribution in [2.75, 3.05) is 0 Å². The van der Waals surface area contributed by atoms with Gasteiger partial charge in [0.15, 0.2) is 0 Å². The third-order valence-electron chi connectivity index (χ3n) is 2.59. The second kappa shape index (κ2) is 6.71. The number of rotatable bonds is 5. The topological polar surface area (TPSA) is 0 Å². The highest BCUT2D eigenvalue weighted by molar-refractivity contribution is 5.15. The molecule has 0 saturated heterocycles. The molecule has 0 saturated carbocycles. The van der Waals surface area contributed by atoms with Crippen LogP contribution in [0.3, 0.4) is 0 Å². The van der Waals surface area contributed by atoms with Crippen LogP contribution in [0, 0.1) is 5.92 Å². The highest BCUT2D eigenvalue weighted by Crippen LogP contribution is 2.20. The lowest BCUT2D eigenvalue weighted by Crippen LogP contribution is -1.97. The molecule has 0 bridgehead atoms. The van der Waals surface area contributed by atoms with E-state index in [0.717, 1.165) is 12.8 Å². The van der Waals surface area contributed by atoms with Gasteiger partial charge in [0.2, 0.25) is 0 Å². The van der Waals surface area contributed by atoms with Gasteiger partial charge in [0, 0.05) is 0 Å². The first kappa shape index (κ1) is 12.2. The Bertz CT molecular complexity index is 206. The Labute approximate surface area is 83.0 Å². The van der Waals surface area contributed by atoms with Crippen molar-refractivity contribution < 1.29 is 0 Å². The largest absolute Gasteiger partial charge is 0.103 e. The number of hydrogen-bond donors (Lipinski definition) is 0. The van der Waals surface area contributed by atoms with Crippen LogP contribution in [0.1, 0.15) is 40.5 Å². The summed E-state index contributed by atoms with van der Waals surface area (Å²) in [5.74, 6) is 0.663. The molecule has 0 aliphatic carbocycles. The van der Waals surface area contributed by atoms with Crippen LogP contribution in [0.5, 0.6) is 0 Å². The quantitative estimate of drug-likeness (QED) is 0.544. The fourth-order valence-electron chi connectivity index (χ4n) is 1.32. The molecule has 0 nitrogen and oxygen atoms in total. The van der Waals surface area contributed by atoms with Crippen molar-refractivity contribution in [3.8, 4) is 0 Å². The number of allylic oxidation sites excluding steroid dienone is 5. The van der Waals surface area contributed by atoms with Gasteiger partial charge in [-0.15, -0.1) is 6.58 Å². The average Bonchev–Trinajstić information content (AvgIpc) is 2.13. The van der Waals surface area contributed by atoms with E-state index in [2.05, 4.69) is 46.4 Å². The first-order valence-electron chi connectivity index (χ1n) is 5.01. The Morgan fingerprint density at radius 1 is 1.38 bits per heavy atom. The molecule has 74 valence electrons. The van der Waals surface area contributed by atoms with Crippen molar-refractivity contribution in [1.82, 2.24) is 0 Å². The molecule has 0 rings (SSSR count). The minimum absolute atomic E-state index is 0.663. The van der Waals surface area contributed by atoms with Crippen molar-refractivity contribution in [3.05, 3.63) is 36.0 Å². The molecule has 0 aliphatic rings. The third kappa shape index (κ3) is 4.72. The lowest BCUT2D eigenvalue weighted by molar-refractivity contribution is 0.682. The lowest BCUT2D eigenvalue weighted by Gasteiger charge is -2.12. The van der Waals surface area contributed by atoms with E-state index in [4.69, 9.17) is 0 Å². The molecular weight excluding hydrogens is 156 g/mol. The summed E-state index contributed by atoms with van der Waals surface area (Å²) in [6.45, 7) is 12.5. The van der Waals surface area contributed by atoms with Crippen LogP contribution < -0.4 is 0 Å². The van der Waals surface area contributed by atoms with E-state index in [-0.39, 0.29) is 0 Å². The predicted octanol–water partition coefficient (Wildman–Crippen LogP) is 4.50. The summed E-state index contributed by atoms with van der Waals surface area (Å²) in [7, 11) is 0. The fourth-order valence-corrected chi connectivity index (χ4v) is 1.32. The standard InChI is InChI=1S/C13H22/c1-6-8-10-12(4)13(5)11(3)9-7-2/h6-8,12H,2,9-10H2,1,3-5H3/b8-6+,13-11+. The highest BCUT2D eigenvalue weighted by Gasteiger charge is 2.04. The zero-order valence-electron chi connectivity index (χ0n) is 9.43. The smallest absolute Gasteiger partial charge is 0.0142 e. The third-order valence-corrected chi connectivity index (χ3v) is 2.59. The molecule has 0 heterocycles. The maximum atomic E-state index is 3.76. The Morgan fingerprint density at radius 2 is 2.00 bits per heavy atom. The van der Waals surface area contributed by atoms with Gasteiger partial charge >= 0.3 is 0 Å². The maximum Gasteiger partial charge on any atom is -0.0142 e. The lowest BCUT2D eigenvalue weighted by atomic mass is 9.93. The molecule has 0 aromatic carbocycles. The Balaban J connectivity index is 4.28. The monoisotopic (exact) mass is 178 g/mol. The van der Waals surface area contributed by atoms with E-state index in [1.165, 1.54) is 11.1 Å². The molecule has 1 unspecified atom stereocenters. The van der Waals surface area contributed by atoms with Gasteiger partial charge in [-0.2, -0.15) is 0 Å². The Kier molecular flexibility index (Phi) is 6.30. The summed E-state index contributed by atoms with van der Waals surface area (Å²) in [6.07, 6.45) is 8.49. The average molecular weight is 178 g/mol. The zero-order chi connectivity index (χ0) is 10.3. The predicted molar refractivity (Wildman–Crippen MR) is 61.8 cm³/mol. The van der Waals surface area contributed by atoms with E-state index in [1.807, 2.05) is 6.08 Å². The summed E-state index contributed by atoms with van der Waals surface area (Å²) in [5.41, 5.74) is 2.98. The summed E-state index contributed by atoms with van der Waals surface area (Å²) >= 11 is 0. The van der Waals surface area contributed by atoms with Crippen molar-refractivity contribution in [1.29, 1.82) is 0 Å². The van der Waals surface area contributed by atoms with Crippen LogP contribution >= 0.6 is 0 Å². The fraction of sp³-hybridized carbons (Fsp3) is 0.538. The van der Waals surface area contributed by atoms with Gasteiger partial charge < -0.3 is 0 Å². The van der Waals surface area contributed by atoms with Gasteiger partial charge in [0.05, 0.1) is 0 Å². The molecule has 0 heteroatoms. The van der Waals surface area contributed by atoms with Crippen LogP contribution in [0.25, 0.3) is 0 Å². The summed E-state index contributed by atoms with van der Waals surface area (Å²) in [6, 6.07) is 0. The Hall–Kier alpha value is -0.780. The van der Waals surface area contributed by atoms with Gasteiger partial charge in [-0.25, -0.2) is 0 Å². The molecule has 1 atom stereocenters. The SMILES string of the molecule is C=CC/C(C)=C(\C)C(C)C/C=C/C. The molecule has 0 fully saturated rings. The first-order chi connectivity index (χ1) is 6.13. The van der Waals surface area contributed by atoms with Crippen molar-refractivity contribution in [3.63, 3.8) is 0 Å². The van der Waals surface area contributed by atoms with Crippen LogP contribution in [0.2, 0.25) is 0 Å². The van der Waals surface area contributed by atoms with Gasteiger partial charge in [-0.1, -0.05) is 36.3 Å². The van der Waals surface area contributed by atoms with Crippen molar-refractivity contribution in [2.45, 2.75) is 40.5 Å². The second-order valence-corrected chi connectivity index (χ2v) is 3.66. The van der Waals surface area contributed by atoms with Gasteiger partial charge in [0.1, 0.15) is 0 Å². The molecule has 0 spiro atoms. The summed E-state index contributed by atoms with van der Waals surface area (Å²) in [4.78, 5) is 0. The second-order valence-electron chi connectivity index (χ2n) is 3.66. The molecule has 0 aromatic heterocycles. The highest BCUT2D eigenvalue weighted by atomic mass is 14.1. The molecule has 0 amide bonds. The normalized spacial score (nSPS) is 15.7. The number of hydrogen-bond acceptors (Lipinski definition) is 0. The first-order valence-corrected chi connectivity index (χ1v) is 5.01. The van der Waals surface area contributed by atoms with E-state index in [9.17, 15) is 0 Å². The van der Waals surface area contributed by atoms with Gasteiger partial charge in [-0.3, -0.25) is 0 Å².